The lowest BCUT2D eigenvalue weighted by Crippen LogP contribution is -2.39. The van der Waals surface area contributed by atoms with Crippen LogP contribution >= 0.6 is 0 Å². The van der Waals surface area contributed by atoms with E-state index in [4.69, 9.17) is 0 Å². The largest absolute Gasteiger partial charge is 0.465 e. The molecule has 1 aliphatic heterocycles. The lowest BCUT2D eigenvalue weighted by Gasteiger charge is -2.20. The Balaban J connectivity index is 1.27. The fraction of sp³-hybridized carbons (Fsp3) is 0.227. The van der Waals surface area contributed by atoms with E-state index in [1.807, 2.05) is 18.2 Å². The number of hydrogen-bond donors (Lipinski definition) is 3. The van der Waals surface area contributed by atoms with Gasteiger partial charge in [-0.25, -0.2) is 4.79 Å². The van der Waals surface area contributed by atoms with Crippen LogP contribution in [-0.4, -0.2) is 65.6 Å². The number of aromatic amines is 1. The summed E-state index contributed by atoms with van der Waals surface area (Å²) >= 11 is 0. The fourth-order valence-electron chi connectivity index (χ4n) is 4.20. The van der Waals surface area contributed by atoms with Gasteiger partial charge in [0.25, 0.3) is 5.91 Å². The van der Waals surface area contributed by atoms with E-state index >= 15 is 0 Å². The van der Waals surface area contributed by atoms with Crippen molar-refractivity contribution in [2.75, 3.05) is 6.54 Å². The standard InChI is InChI=1S/C22H21N7O3/c30-21(26-15-9-16(29(12-15)22(31)32)13-28-8-2-7-25-28)14-5-6-19(23-10-14)17-3-1-4-20-18(17)11-24-27-20/h1-8,10-11,15-16H,9,12-13H2,(H,24,27)(H,26,30)(H,31,32). The molecule has 5 rings (SSSR count). The average Bonchev–Trinajstić information content (AvgIpc) is 3.55. The third kappa shape index (κ3) is 3.78. The maximum Gasteiger partial charge on any atom is 0.407 e. The molecule has 1 aliphatic rings. The van der Waals surface area contributed by atoms with Crippen molar-refractivity contribution >= 4 is 22.9 Å². The van der Waals surface area contributed by atoms with E-state index < -0.39 is 6.09 Å². The average molecular weight is 431 g/mol. The second-order valence-corrected chi connectivity index (χ2v) is 7.79. The van der Waals surface area contributed by atoms with Crippen LogP contribution in [0.5, 0.6) is 0 Å². The minimum Gasteiger partial charge on any atom is -0.465 e. The molecule has 4 heterocycles. The number of benzene rings is 1. The summed E-state index contributed by atoms with van der Waals surface area (Å²) in [4.78, 5) is 30.2. The van der Waals surface area contributed by atoms with Gasteiger partial charge in [0.05, 0.1) is 35.6 Å². The zero-order valence-corrected chi connectivity index (χ0v) is 17.0. The summed E-state index contributed by atoms with van der Waals surface area (Å²) in [5.74, 6) is -0.277. The molecular weight excluding hydrogens is 410 g/mol. The van der Waals surface area contributed by atoms with Crippen LogP contribution in [0, 0.1) is 0 Å². The first-order chi connectivity index (χ1) is 15.6. The number of likely N-dealkylation sites (tertiary alicyclic amines) is 1. The highest BCUT2D eigenvalue weighted by Gasteiger charge is 2.36. The Labute approximate surface area is 182 Å². The molecule has 3 aromatic heterocycles. The predicted molar refractivity (Wildman–Crippen MR) is 116 cm³/mol. The van der Waals surface area contributed by atoms with E-state index in [-0.39, 0.29) is 24.5 Å². The number of aromatic nitrogens is 5. The number of pyridine rings is 1. The fourth-order valence-corrected chi connectivity index (χ4v) is 4.20. The van der Waals surface area contributed by atoms with Crippen LogP contribution in [-0.2, 0) is 6.54 Å². The van der Waals surface area contributed by atoms with Gasteiger partial charge in [-0.3, -0.25) is 19.6 Å². The van der Waals surface area contributed by atoms with Crippen molar-refractivity contribution < 1.29 is 14.7 Å². The molecule has 10 heteroatoms. The van der Waals surface area contributed by atoms with Crippen molar-refractivity contribution in [3.8, 4) is 11.3 Å². The summed E-state index contributed by atoms with van der Waals surface area (Å²) < 4.78 is 1.70. The van der Waals surface area contributed by atoms with E-state index in [0.29, 0.717) is 18.5 Å². The number of nitrogens with one attached hydrogen (secondary N) is 2. The highest BCUT2D eigenvalue weighted by molar-refractivity contribution is 5.96. The Hall–Kier alpha value is -4.21. The van der Waals surface area contributed by atoms with Crippen LogP contribution in [0.2, 0.25) is 0 Å². The molecule has 0 aliphatic carbocycles. The van der Waals surface area contributed by atoms with Crippen molar-refractivity contribution in [1.82, 2.24) is 35.2 Å². The van der Waals surface area contributed by atoms with Crippen LogP contribution in [0.1, 0.15) is 16.8 Å². The van der Waals surface area contributed by atoms with Crippen molar-refractivity contribution in [3.05, 3.63) is 66.7 Å². The number of H-pyrrole nitrogens is 1. The highest BCUT2D eigenvalue weighted by atomic mass is 16.4. The summed E-state index contributed by atoms with van der Waals surface area (Å²) in [5, 5.41) is 24.6. The van der Waals surface area contributed by atoms with E-state index in [0.717, 1.165) is 22.2 Å². The van der Waals surface area contributed by atoms with Crippen molar-refractivity contribution in [1.29, 1.82) is 0 Å². The number of rotatable bonds is 5. The quantitative estimate of drug-likeness (QED) is 0.445. The smallest absolute Gasteiger partial charge is 0.407 e. The minimum absolute atomic E-state index is 0.237. The predicted octanol–water partition coefficient (Wildman–Crippen LogP) is 2.37. The van der Waals surface area contributed by atoms with Gasteiger partial charge < -0.3 is 15.3 Å². The number of carbonyl (C=O) groups excluding carboxylic acids is 1. The van der Waals surface area contributed by atoms with Crippen molar-refractivity contribution in [3.63, 3.8) is 0 Å². The van der Waals surface area contributed by atoms with Crippen molar-refractivity contribution in [2.45, 2.75) is 25.0 Å². The first kappa shape index (κ1) is 19.7. The van der Waals surface area contributed by atoms with Gasteiger partial charge in [-0.05, 0) is 30.7 Å². The molecular formula is C22H21N7O3. The van der Waals surface area contributed by atoms with Crippen LogP contribution in [0.3, 0.4) is 0 Å². The number of amides is 2. The van der Waals surface area contributed by atoms with E-state index in [1.54, 1.807) is 41.5 Å². The molecule has 10 nitrogen and oxygen atoms in total. The number of hydrogen-bond acceptors (Lipinski definition) is 5. The van der Waals surface area contributed by atoms with E-state index in [2.05, 4.69) is 25.6 Å². The normalized spacial score (nSPS) is 18.2. The first-order valence-corrected chi connectivity index (χ1v) is 10.2. The summed E-state index contributed by atoms with van der Waals surface area (Å²) in [7, 11) is 0. The SMILES string of the molecule is O=C(NC1CC(Cn2cccn2)N(C(=O)O)C1)c1ccc(-c2cccc3[nH]ncc23)nc1. The highest BCUT2D eigenvalue weighted by Crippen LogP contribution is 2.26. The Morgan fingerprint density at radius 3 is 2.84 bits per heavy atom. The molecule has 1 saturated heterocycles. The first-order valence-electron chi connectivity index (χ1n) is 10.2. The molecule has 0 spiro atoms. The second kappa shape index (κ2) is 8.14. The van der Waals surface area contributed by atoms with Gasteiger partial charge in [-0.2, -0.15) is 10.2 Å². The van der Waals surface area contributed by atoms with Gasteiger partial charge in [0.2, 0.25) is 0 Å². The van der Waals surface area contributed by atoms with Crippen LogP contribution in [0.4, 0.5) is 4.79 Å². The second-order valence-electron chi connectivity index (χ2n) is 7.79. The van der Waals surface area contributed by atoms with Gasteiger partial charge in [0.15, 0.2) is 0 Å². The summed E-state index contributed by atoms with van der Waals surface area (Å²) in [6.07, 6.45) is 6.26. The van der Waals surface area contributed by atoms with Gasteiger partial charge >= 0.3 is 6.09 Å². The summed E-state index contributed by atoms with van der Waals surface area (Å²) in [6.45, 7) is 0.683. The van der Waals surface area contributed by atoms with Gasteiger partial charge in [-0.1, -0.05) is 12.1 Å². The molecule has 162 valence electrons. The lowest BCUT2D eigenvalue weighted by molar-refractivity contribution is 0.0935. The van der Waals surface area contributed by atoms with Gasteiger partial charge in [-0.15, -0.1) is 0 Å². The molecule has 4 aromatic rings. The topological polar surface area (TPSA) is 129 Å². The summed E-state index contributed by atoms with van der Waals surface area (Å²) in [6, 6.07) is 10.6. The van der Waals surface area contributed by atoms with Gasteiger partial charge in [0, 0.05) is 42.1 Å². The zero-order valence-electron chi connectivity index (χ0n) is 17.0. The van der Waals surface area contributed by atoms with Crippen LogP contribution in [0.25, 0.3) is 22.2 Å². The molecule has 32 heavy (non-hydrogen) atoms. The third-order valence-corrected chi connectivity index (χ3v) is 5.74. The molecule has 0 saturated carbocycles. The molecule has 1 aromatic carbocycles. The molecule has 0 bridgehead atoms. The maximum absolute atomic E-state index is 12.8. The Morgan fingerprint density at radius 2 is 2.09 bits per heavy atom. The molecule has 3 N–H and O–H groups in total. The number of carbonyl (C=O) groups is 2. The Morgan fingerprint density at radius 1 is 1.19 bits per heavy atom. The van der Waals surface area contributed by atoms with Crippen LogP contribution < -0.4 is 5.32 Å². The Bertz CT molecular complexity index is 1250. The number of fused-ring (bicyclic) bond motifs is 1. The maximum atomic E-state index is 12.8. The lowest BCUT2D eigenvalue weighted by atomic mass is 10.1. The monoisotopic (exact) mass is 431 g/mol. The molecule has 2 atom stereocenters. The molecule has 1 fully saturated rings. The minimum atomic E-state index is -1.00. The van der Waals surface area contributed by atoms with Gasteiger partial charge in [0.1, 0.15) is 0 Å². The zero-order chi connectivity index (χ0) is 22.1. The molecule has 2 amide bonds. The van der Waals surface area contributed by atoms with Crippen molar-refractivity contribution in [2.24, 2.45) is 0 Å². The third-order valence-electron chi connectivity index (χ3n) is 5.74. The molecule has 2 unspecified atom stereocenters. The summed E-state index contributed by atoms with van der Waals surface area (Å²) in [5.41, 5.74) is 3.01. The number of carboxylic acid groups (broad SMARTS) is 1. The van der Waals surface area contributed by atoms with Crippen LogP contribution in [0.15, 0.2) is 61.2 Å². The Kier molecular flexibility index (Phi) is 5.02. The number of nitrogens with zero attached hydrogens (tertiary/aromatic N) is 5. The van der Waals surface area contributed by atoms with E-state index in [9.17, 15) is 14.7 Å². The molecule has 0 radical (unpaired) electrons. The van der Waals surface area contributed by atoms with E-state index in [1.165, 1.54) is 11.1 Å².